The average molecular weight is 580 g/mol. The lowest BCUT2D eigenvalue weighted by Crippen LogP contribution is -2.32. The number of tetrazole rings is 1. The molecule has 1 unspecified atom stereocenters. The van der Waals surface area contributed by atoms with Crippen LogP contribution in [0.2, 0.25) is 5.02 Å². The summed E-state index contributed by atoms with van der Waals surface area (Å²) in [5, 5.41) is 19.1. The van der Waals surface area contributed by atoms with Crippen LogP contribution in [0.25, 0.3) is 0 Å². The van der Waals surface area contributed by atoms with E-state index < -0.39 is 6.04 Å². The number of amides is 1. The highest BCUT2D eigenvalue weighted by Gasteiger charge is 2.36. The molecule has 0 saturated heterocycles. The van der Waals surface area contributed by atoms with E-state index in [1.165, 1.54) is 0 Å². The van der Waals surface area contributed by atoms with Gasteiger partial charge in [-0.05, 0) is 84.3 Å². The fourth-order valence-electron chi connectivity index (χ4n) is 4.28. The molecule has 0 fully saturated rings. The number of carbonyl (C=O) groups excluding carboxylic acids is 1. The summed E-state index contributed by atoms with van der Waals surface area (Å²) in [6.07, 6.45) is 0. The van der Waals surface area contributed by atoms with Crippen LogP contribution in [0.5, 0.6) is 5.75 Å². The van der Waals surface area contributed by atoms with E-state index in [1.807, 2.05) is 81.4 Å². The lowest BCUT2D eigenvalue weighted by Gasteiger charge is -2.29. The predicted octanol–water partition coefficient (Wildman–Crippen LogP) is 6.21. The molecule has 5 rings (SSSR count). The number of hydrogen-bond acceptors (Lipinski definition) is 6. The van der Waals surface area contributed by atoms with Crippen molar-refractivity contribution < 1.29 is 9.53 Å². The van der Waals surface area contributed by atoms with Crippen molar-refractivity contribution in [3.63, 3.8) is 0 Å². The van der Waals surface area contributed by atoms with Crippen LogP contribution in [-0.4, -0.2) is 26.1 Å². The second-order valence-electron chi connectivity index (χ2n) is 8.81. The van der Waals surface area contributed by atoms with Gasteiger partial charge in [-0.15, -0.1) is 0 Å². The van der Waals surface area contributed by atoms with Crippen molar-refractivity contribution in [3.8, 4) is 5.75 Å². The number of hydrogen-bond donors (Lipinski definition) is 2. The van der Waals surface area contributed by atoms with Crippen LogP contribution in [0.15, 0.2) is 76.4 Å². The van der Waals surface area contributed by atoms with Gasteiger partial charge >= 0.3 is 0 Å². The first-order chi connectivity index (χ1) is 17.8. The predicted molar refractivity (Wildman–Crippen MR) is 147 cm³/mol. The number of rotatable bonds is 6. The summed E-state index contributed by atoms with van der Waals surface area (Å²) in [4.78, 5) is 13.8. The van der Waals surface area contributed by atoms with Gasteiger partial charge in [0.2, 0.25) is 5.95 Å². The van der Waals surface area contributed by atoms with Crippen molar-refractivity contribution in [2.45, 2.75) is 33.4 Å². The van der Waals surface area contributed by atoms with Gasteiger partial charge in [0.05, 0.1) is 5.57 Å². The van der Waals surface area contributed by atoms with Crippen molar-refractivity contribution in [3.05, 3.63) is 104 Å². The minimum absolute atomic E-state index is 0.256. The topological polar surface area (TPSA) is 94.0 Å². The Balaban J connectivity index is 1.55. The summed E-state index contributed by atoms with van der Waals surface area (Å²) in [5.74, 6) is 0.791. The van der Waals surface area contributed by atoms with Gasteiger partial charge in [-0.3, -0.25) is 4.79 Å². The zero-order chi connectivity index (χ0) is 26.1. The molecule has 10 heteroatoms. The van der Waals surface area contributed by atoms with Crippen LogP contribution in [0, 0.1) is 13.8 Å². The smallest absolute Gasteiger partial charge is 0.255 e. The maximum atomic E-state index is 13.8. The lowest BCUT2D eigenvalue weighted by atomic mass is 9.94. The highest BCUT2D eigenvalue weighted by molar-refractivity contribution is 9.10. The average Bonchev–Trinajstić information content (AvgIpc) is 3.34. The number of fused-ring (bicyclic) bond motifs is 1. The molecular weight excluding hydrogens is 556 g/mol. The molecule has 4 aromatic rings. The number of allylic oxidation sites excluding steroid dienone is 1. The van der Waals surface area contributed by atoms with Gasteiger partial charge in [0.25, 0.3) is 5.91 Å². The number of nitrogens with zero attached hydrogens (tertiary/aromatic N) is 4. The normalized spacial score (nSPS) is 14.7. The second kappa shape index (κ2) is 10.4. The minimum Gasteiger partial charge on any atom is -0.489 e. The third-order valence-electron chi connectivity index (χ3n) is 6.39. The molecule has 1 amide bonds. The van der Waals surface area contributed by atoms with Crippen LogP contribution in [0.3, 0.4) is 0 Å². The molecule has 188 valence electrons. The molecule has 1 aromatic heterocycles. The van der Waals surface area contributed by atoms with Crippen LogP contribution in [-0.2, 0) is 11.4 Å². The summed E-state index contributed by atoms with van der Waals surface area (Å²) >= 11 is 9.61. The van der Waals surface area contributed by atoms with Gasteiger partial charge in [0.1, 0.15) is 18.4 Å². The molecule has 2 heterocycles. The first-order valence-corrected chi connectivity index (χ1v) is 12.8. The fourth-order valence-corrected chi connectivity index (χ4v) is 4.78. The minimum atomic E-state index is -0.630. The van der Waals surface area contributed by atoms with E-state index in [2.05, 4.69) is 42.1 Å². The van der Waals surface area contributed by atoms with Crippen LogP contribution < -0.4 is 15.4 Å². The van der Waals surface area contributed by atoms with Gasteiger partial charge < -0.3 is 15.4 Å². The summed E-state index contributed by atoms with van der Waals surface area (Å²) < 4.78 is 8.69. The molecule has 1 aliphatic rings. The number of anilines is 2. The Morgan fingerprint density at radius 1 is 1.14 bits per heavy atom. The summed E-state index contributed by atoms with van der Waals surface area (Å²) in [6.45, 7) is 6.17. The number of benzene rings is 3. The van der Waals surface area contributed by atoms with Crippen molar-refractivity contribution in [1.82, 2.24) is 20.2 Å². The largest absolute Gasteiger partial charge is 0.489 e. The van der Waals surface area contributed by atoms with Gasteiger partial charge in [-0.2, -0.15) is 4.68 Å². The highest BCUT2D eigenvalue weighted by atomic mass is 79.9. The molecule has 0 spiro atoms. The van der Waals surface area contributed by atoms with Crippen LogP contribution in [0.4, 0.5) is 11.6 Å². The molecular formula is C27H24BrClN6O2. The third-order valence-corrected chi connectivity index (χ3v) is 7.13. The molecule has 0 radical (unpaired) electrons. The van der Waals surface area contributed by atoms with Crippen LogP contribution in [0.1, 0.15) is 35.2 Å². The van der Waals surface area contributed by atoms with E-state index in [4.69, 9.17) is 16.3 Å². The summed E-state index contributed by atoms with van der Waals surface area (Å²) in [6, 6.07) is 18.4. The Morgan fingerprint density at radius 2 is 1.92 bits per heavy atom. The van der Waals surface area contributed by atoms with E-state index in [1.54, 1.807) is 4.68 Å². The Hall–Kier alpha value is -3.69. The SMILES string of the molecule is CC1=C(C(=O)Nc2cccc(C)c2C)C(c2cc(Br)ccc2OCc2ccc(Cl)cc2)n2nnnc2N1. The zero-order valence-electron chi connectivity index (χ0n) is 20.4. The van der Waals surface area contributed by atoms with Gasteiger partial charge in [-0.1, -0.05) is 56.9 Å². The van der Waals surface area contributed by atoms with E-state index in [-0.39, 0.29) is 5.91 Å². The number of aromatic nitrogens is 4. The van der Waals surface area contributed by atoms with Crippen molar-refractivity contribution in [2.24, 2.45) is 0 Å². The van der Waals surface area contributed by atoms with E-state index in [0.29, 0.717) is 34.6 Å². The quantitative estimate of drug-likeness (QED) is 0.282. The molecule has 37 heavy (non-hydrogen) atoms. The highest BCUT2D eigenvalue weighted by Crippen LogP contribution is 2.40. The fraction of sp³-hybridized carbons (Fsp3) is 0.185. The summed E-state index contributed by atoms with van der Waals surface area (Å²) in [5.41, 5.74) is 5.69. The molecule has 8 nitrogen and oxygen atoms in total. The molecule has 2 N–H and O–H groups in total. The summed E-state index contributed by atoms with van der Waals surface area (Å²) in [7, 11) is 0. The third kappa shape index (κ3) is 5.10. The van der Waals surface area contributed by atoms with E-state index in [0.717, 1.165) is 32.4 Å². The maximum absolute atomic E-state index is 13.8. The molecule has 0 aliphatic carbocycles. The number of ether oxygens (including phenoxy) is 1. The van der Waals surface area contributed by atoms with E-state index >= 15 is 0 Å². The number of halogens is 2. The van der Waals surface area contributed by atoms with Gasteiger partial charge in [0.15, 0.2) is 0 Å². The number of carbonyl (C=O) groups is 1. The Bertz CT molecular complexity index is 1520. The molecule has 0 saturated carbocycles. The lowest BCUT2D eigenvalue weighted by molar-refractivity contribution is -0.113. The van der Waals surface area contributed by atoms with E-state index in [9.17, 15) is 4.79 Å². The van der Waals surface area contributed by atoms with Crippen molar-refractivity contribution in [1.29, 1.82) is 0 Å². The van der Waals surface area contributed by atoms with Gasteiger partial charge in [-0.25, -0.2) is 0 Å². The van der Waals surface area contributed by atoms with Gasteiger partial charge in [0, 0.05) is 26.4 Å². The first-order valence-electron chi connectivity index (χ1n) is 11.6. The molecule has 1 aliphatic heterocycles. The first kappa shape index (κ1) is 25.0. The van der Waals surface area contributed by atoms with Crippen molar-refractivity contribution >= 4 is 45.1 Å². The Kier molecular flexibility index (Phi) is 6.99. The maximum Gasteiger partial charge on any atom is 0.255 e. The monoisotopic (exact) mass is 578 g/mol. The number of aryl methyl sites for hydroxylation is 1. The van der Waals surface area contributed by atoms with Crippen LogP contribution >= 0.6 is 27.5 Å². The zero-order valence-corrected chi connectivity index (χ0v) is 22.8. The standard InChI is InChI=1S/C27H24BrClN6O2/c1-15-5-4-6-22(16(15)2)31-26(36)24-17(3)30-27-32-33-34-35(27)25(24)21-13-19(28)9-12-23(21)37-14-18-7-10-20(29)11-8-18/h4-13,25H,14H2,1-3H3,(H,31,36)(H,30,32,34). The number of nitrogens with one attached hydrogen (secondary N) is 2. The Labute approximate surface area is 227 Å². The molecule has 3 aromatic carbocycles. The Morgan fingerprint density at radius 3 is 2.70 bits per heavy atom. The molecule has 1 atom stereocenters. The van der Waals surface area contributed by atoms with Crippen molar-refractivity contribution in [2.75, 3.05) is 10.6 Å². The molecule has 0 bridgehead atoms. The second-order valence-corrected chi connectivity index (χ2v) is 10.2.